The molecule has 0 amide bonds. The molecule has 112 valence electrons. The van der Waals surface area contributed by atoms with Gasteiger partial charge in [-0.3, -0.25) is 0 Å². The monoisotopic (exact) mass is 331 g/mol. The Morgan fingerprint density at radius 2 is 1.64 bits per heavy atom. The summed E-state index contributed by atoms with van der Waals surface area (Å²) < 4.78 is 11.2. The lowest BCUT2D eigenvalue weighted by Gasteiger charge is -2.09. The topological polar surface area (TPSA) is 31.4 Å². The zero-order valence-corrected chi connectivity index (χ0v) is 13.7. The molecule has 2 aromatic carbocycles. The second-order valence-corrected chi connectivity index (χ2v) is 6.16. The van der Waals surface area contributed by atoms with Crippen LogP contribution in [0, 0.1) is 0 Å². The molecule has 3 nitrogen and oxygen atoms in total. The molecule has 0 radical (unpaired) electrons. The van der Waals surface area contributed by atoms with E-state index in [4.69, 9.17) is 21.1 Å². The van der Waals surface area contributed by atoms with Crippen molar-refractivity contribution in [3.05, 3.63) is 53.0 Å². The molecule has 0 spiro atoms. The Balaban J connectivity index is 2.13. The fourth-order valence-corrected chi connectivity index (χ4v) is 3.39. The van der Waals surface area contributed by atoms with Crippen LogP contribution >= 0.6 is 22.9 Å². The summed E-state index contributed by atoms with van der Waals surface area (Å²) >= 11 is 7.60. The maximum atomic E-state index is 6.15. The van der Waals surface area contributed by atoms with E-state index in [9.17, 15) is 0 Å². The van der Waals surface area contributed by atoms with Crippen molar-refractivity contribution in [2.24, 2.45) is 0 Å². The van der Waals surface area contributed by atoms with Crippen molar-refractivity contribution in [1.82, 2.24) is 4.98 Å². The van der Waals surface area contributed by atoms with Gasteiger partial charge < -0.3 is 9.47 Å². The number of aromatic nitrogens is 1. The average molecular weight is 332 g/mol. The van der Waals surface area contributed by atoms with Crippen LogP contribution in [0.4, 0.5) is 0 Å². The SMILES string of the molecule is COc1ccc(-c2sc(Cl)nc2-c2ccccc2)cc1OC. The Kier molecular flexibility index (Phi) is 4.32. The van der Waals surface area contributed by atoms with Crippen LogP contribution in [0.5, 0.6) is 11.5 Å². The Labute approximate surface area is 138 Å². The van der Waals surface area contributed by atoms with E-state index >= 15 is 0 Å². The van der Waals surface area contributed by atoms with Crippen molar-refractivity contribution in [2.45, 2.75) is 0 Å². The van der Waals surface area contributed by atoms with Gasteiger partial charge in [-0.15, -0.1) is 11.3 Å². The first-order valence-electron chi connectivity index (χ1n) is 6.67. The largest absolute Gasteiger partial charge is 0.493 e. The molecule has 1 aromatic heterocycles. The maximum Gasteiger partial charge on any atom is 0.184 e. The van der Waals surface area contributed by atoms with Crippen LogP contribution in [0.1, 0.15) is 0 Å². The molecule has 0 N–H and O–H groups in total. The van der Waals surface area contributed by atoms with E-state index in [2.05, 4.69) is 4.98 Å². The molecule has 5 heteroatoms. The number of ether oxygens (including phenoxy) is 2. The first kappa shape index (κ1) is 14.9. The lowest BCUT2D eigenvalue weighted by molar-refractivity contribution is 0.355. The van der Waals surface area contributed by atoms with Crippen LogP contribution < -0.4 is 9.47 Å². The minimum absolute atomic E-state index is 0.517. The number of rotatable bonds is 4. The normalized spacial score (nSPS) is 10.5. The standard InChI is InChI=1S/C17H14ClNO2S/c1-20-13-9-8-12(10-14(13)21-2)16-15(19-17(18)22-16)11-6-4-3-5-7-11/h3-10H,1-2H3. The van der Waals surface area contributed by atoms with E-state index in [0.29, 0.717) is 16.0 Å². The molecule has 3 aromatic rings. The lowest BCUT2D eigenvalue weighted by atomic mass is 10.1. The Hall–Kier alpha value is -2.04. The molecule has 3 rings (SSSR count). The number of hydrogen-bond donors (Lipinski definition) is 0. The highest BCUT2D eigenvalue weighted by atomic mass is 35.5. The first-order chi connectivity index (χ1) is 10.7. The predicted octanol–water partition coefficient (Wildman–Crippen LogP) is 5.15. The van der Waals surface area contributed by atoms with Gasteiger partial charge in [0.15, 0.2) is 16.0 Å². The number of hydrogen-bond acceptors (Lipinski definition) is 4. The van der Waals surface area contributed by atoms with Crippen LogP contribution in [0.25, 0.3) is 21.7 Å². The van der Waals surface area contributed by atoms with Crippen molar-refractivity contribution in [1.29, 1.82) is 0 Å². The zero-order valence-electron chi connectivity index (χ0n) is 12.2. The number of benzene rings is 2. The summed E-state index contributed by atoms with van der Waals surface area (Å²) in [4.78, 5) is 5.48. The molecule has 22 heavy (non-hydrogen) atoms. The van der Waals surface area contributed by atoms with E-state index in [1.807, 2.05) is 48.5 Å². The minimum atomic E-state index is 0.517. The van der Waals surface area contributed by atoms with Gasteiger partial charge in [0.1, 0.15) is 0 Å². The van der Waals surface area contributed by atoms with Crippen LogP contribution in [0.2, 0.25) is 4.47 Å². The molecular weight excluding hydrogens is 318 g/mol. The lowest BCUT2D eigenvalue weighted by Crippen LogP contribution is -1.90. The van der Waals surface area contributed by atoms with Crippen molar-refractivity contribution in [2.75, 3.05) is 14.2 Å². The van der Waals surface area contributed by atoms with Gasteiger partial charge in [0, 0.05) is 5.56 Å². The van der Waals surface area contributed by atoms with Gasteiger partial charge in [0.2, 0.25) is 0 Å². The van der Waals surface area contributed by atoms with Gasteiger partial charge in [0.25, 0.3) is 0 Å². The summed E-state index contributed by atoms with van der Waals surface area (Å²) in [5, 5.41) is 0. The summed E-state index contributed by atoms with van der Waals surface area (Å²) in [5.74, 6) is 1.38. The molecule has 0 aliphatic carbocycles. The van der Waals surface area contributed by atoms with Crippen molar-refractivity contribution >= 4 is 22.9 Å². The number of nitrogens with zero attached hydrogens (tertiary/aromatic N) is 1. The Bertz CT molecular complexity index is 787. The first-order valence-corrected chi connectivity index (χ1v) is 7.86. The molecule has 0 saturated carbocycles. The quantitative estimate of drug-likeness (QED) is 0.662. The van der Waals surface area contributed by atoms with Gasteiger partial charge in [0.05, 0.1) is 24.8 Å². The molecule has 0 aliphatic heterocycles. The summed E-state index contributed by atoms with van der Waals surface area (Å²) in [5.41, 5.74) is 2.92. The molecule has 0 saturated heterocycles. The van der Waals surface area contributed by atoms with E-state index in [0.717, 1.165) is 21.7 Å². The number of methoxy groups -OCH3 is 2. The van der Waals surface area contributed by atoms with Gasteiger partial charge in [-0.05, 0) is 23.8 Å². The minimum Gasteiger partial charge on any atom is -0.493 e. The van der Waals surface area contributed by atoms with Gasteiger partial charge in [-0.25, -0.2) is 4.98 Å². The highest BCUT2D eigenvalue weighted by Crippen LogP contribution is 2.41. The summed E-state index contributed by atoms with van der Waals surface area (Å²) in [6.07, 6.45) is 0. The Morgan fingerprint density at radius 3 is 2.32 bits per heavy atom. The fraction of sp³-hybridized carbons (Fsp3) is 0.118. The fourth-order valence-electron chi connectivity index (χ4n) is 2.26. The molecule has 0 atom stereocenters. The van der Waals surface area contributed by atoms with Crippen LogP contribution in [-0.2, 0) is 0 Å². The van der Waals surface area contributed by atoms with Gasteiger partial charge >= 0.3 is 0 Å². The van der Waals surface area contributed by atoms with Crippen LogP contribution in [-0.4, -0.2) is 19.2 Å². The maximum absolute atomic E-state index is 6.15. The van der Waals surface area contributed by atoms with Gasteiger partial charge in [-0.2, -0.15) is 0 Å². The highest BCUT2D eigenvalue weighted by molar-refractivity contribution is 7.19. The van der Waals surface area contributed by atoms with Crippen LogP contribution in [0.3, 0.4) is 0 Å². The molecule has 0 bridgehead atoms. The third kappa shape index (κ3) is 2.80. The molecule has 0 fully saturated rings. The molecular formula is C17H14ClNO2S. The van der Waals surface area contributed by atoms with Crippen molar-refractivity contribution < 1.29 is 9.47 Å². The zero-order chi connectivity index (χ0) is 15.5. The summed E-state index contributed by atoms with van der Waals surface area (Å²) in [7, 11) is 3.25. The second-order valence-electron chi connectivity index (χ2n) is 4.58. The van der Waals surface area contributed by atoms with Crippen molar-refractivity contribution in [3.63, 3.8) is 0 Å². The van der Waals surface area contributed by atoms with Crippen molar-refractivity contribution in [3.8, 4) is 33.2 Å². The molecule has 1 heterocycles. The third-order valence-corrected chi connectivity index (χ3v) is 4.50. The molecule has 0 unspecified atom stereocenters. The van der Waals surface area contributed by atoms with E-state index in [1.165, 1.54) is 11.3 Å². The summed E-state index contributed by atoms with van der Waals surface area (Å²) in [6.45, 7) is 0. The van der Waals surface area contributed by atoms with Crippen LogP contribution in [0.15, 0.2) is 48.5 Å². The Morgan fingerprint density at radius 1 is 0.909 bits per heavy atom. The van der Waals surface area contributed by atoms with Gasteiger partial charge in [-0.1, -0.05) is 41.9 Å². The number of thiazole rings is 1. The smallest absolute Gasteiger partial charge is 0.184 e. The van der Waals surface area contributed by atoms with E-state index < -0.39 is 0 Å². The highest BCUT2D eigenvalue weighted by Gasteiger charge is 2.15. The average Bonchev–Trinajstić information content (AvgIpc) is 2.97. The second kappa shape index (κ2) is 6.38. The number of halogens is 1. The predicted molar refractivity (Wildman–Crippen MR) is 91.1 cm³/mol. The molecule has 0 aliphatic rings. The third-order valence-electron chi connectivity index (χ3n) is 3.29. The summed E-state index contributed by atoms with van der Waals surface area (Å²) in [6, 6.07) is 15.8. The van der Waals surface area contributed by atoms with E-state index in [1.54, 1.807) is 14.2 Å². The van der Waals surface area contributed by atoms with E-state index in [-0.39, 0.29) is 0 Å².